The zero-order valence-corrected chi connectivity index (χ0v) is 15.6. The monoisotopic (exact) mass is 370 g/mol. The van der Waals surface area contributed by atoms with Crippen LogP contribution in [-0.4, -0.2) is 40.2 Å². The first-order valence-electron chi connectivity index (χ1n) is 7.74. The fourth-order valence-corrected chi connectivity index (χ4v) is 2.62. The number of nitrogens with zero attached hydrogens (tertiary/aromatic N) is 3. The van der Waals surface area contributed by atoms with Crippen molar-refractivity contribution in [2.75, 3.05) is 19.6 Å². The van der Waals surface area contributed by atoms with Crippen LogP contribution in [0.1, 0.15) is 17.0 Å². The van der Waals surface area contributed by atoms with Gasteiger partial charge in [-0.05, 0) is 25.8 Å². The summed E-state index contributed by atoms with van der Waals surface area (Å²) < 4.78 is 1.66. The summed E-state index contributed by atoms with van der Waals surface area (Å²) in [5.74, 6) is 0.00801. The summed E-state index contributed by atoms with van der Waals surface area (Å²) in [6.07, 6.45) is 0.810. The predicted molar refractivity (Wildman–Crippen MR) is 99.7 cm³/mol. The highest BCUT2D eigenvalue weighted by molar-refractivity contribution is 6.31. The van der Waals surface area contributed by atoms with Gasteiger partial charge in [-0.1, -0.05) is 41.9 Å². The van der Waals surface area contributed by atoms with Crippen LogP contribution < -0.4 is 5.73 Å². The van der Waals surface area contributed by atoms with E-state index in [2.05, 4.69) is 17.2 Å². The number of rotatable bonds is 7. The van der Waals surface area contributed by atoms with Gasteiger partial charge in [0, 0.05) is 19.6 Å². The van der Waals surface area contributed by atoms with Crippen molar-refractivity contribution in [3.63, 3.8) is 0 Å². The number of carbonyl (C=O) groups is 1. The van der Waals surface area contributed by atoms with Gasteiger partial charge in [-0.15, -0.1) is 12.4 Å². The Morgan fingerprint density at radius 2 is 1.92 bits per heavy atom. The van der Waals surface area contributed by atoms with Crippen LogP contribution in [0, 0.1) is 13.8 Å². The second-order valence-corrected chi connectivity index (χ2v) is 5.93. The Morgan fingerprint density at radius 3 is 2.46 bits per heavy atom. The molecular weight excluding hydrogens is 347 g/mol. The lowest BCUT2D eigenvalue weighted by molar-refractivity contribution is -0.132. The van der Waals surface area contributed by atoms with Gasteiger partial charge in [0.25, 0.3) is 0 Å². The van der Waals surface area contributed by atoms with E-state index in [1.54, 1.807) is 9.58 Å². The standard InChI is InChI=1S/C17H23ClN4O.ClH/c1-13-17(18)14(2)22(20-13)12-16(23)21(11-9-19)10-8-15-6-4-3-5-7-15;/h3-7H,8-12,19H2,1-2H3;1H. The molecule has 0 aliphatic rings. The van der Waals surface area contributed by atoms with Crippen molar-refractivity contribution in [3.8, 4) is 0 Å². The van der Waals surface area contributed by atoms with Crippen molar-refractivity contribution in [1.82, 2.24) is 14.7 Å². The maximum absolute atomic E-state index is 12.6. The summed E-state index contributed by atoms with van der Waals surface area (Å²) in [6.45, 7) is 5.52. The Hall–Kier alpha value is -1.56. The fraction of sp³-hybridized carbons (Fsp3) is 0.412. The average Bonchev–Trinajstić information content (AvgIpc) is 2.79. The normalized spacial score (nSPS) is 10.3. The van der Waals surface area contributed by atoms with E-state index in [1.807, 2.05) is 32.0 Å². The molecule has 1 aromatic heterocycles. The van der Waals surface area contributed by atoms with Crippen LogP contribution in [0.25, 0.3) is 0 Å². The largest absolute Gasteiger partial charge is 0.339 e. The Kier molecular flexibility index (Phi) is 8.25. The summed E-state index contributed by atoms with van der Waals surface area (Å²) >= 11 is 6.14. The summed E-state index contributed by atoms with van der Waals surface area (Å²) in [7, 11) is 0. The van der Waals surface area contributed by atoms with Crippen LogP contribution >= 0.6 is 24.0 Å². The highest BCUT2D eigenvalue weighted by atomic mass is 35.5. The molecule has 0 fully saturated rings. The number of hydrogen-bond acceptors (Lipinski definition) is 3. The maximum atomic E-state index is 12.6. The first-order valence-corrected chi connectivity index (χ1v) is 8.12. The van der Waals surface area contributed by atoms with E-state index in [4.69, 9.17) is 17.3 Å². The molecule has 24 heavy (non-hydrogen) atoms. The first kappa shape index (κ1) is 20.5. The van der Waals surface area contributed by atoms with Gasteiger partial charge in [0.15, 0.2) is 0 Å². The molecule has 0 atom stereocenters. The number of carbonyl (C=O) groups excluding carboxylic acids is 1. The quantitative estimate of drug-likeness (QED) is 0.814. The van der Waals surface area contributed by atoms with Crippen molar-refractivity contribution in [2.45, 2.75) is 26.8 Å². The highest BCUT2D eigenvalue weighted by Gasteiger charge is 2.17. The lowest BCUT2D eigenvalue weighted by Crippen LogP contribution is -2.39. The molecule has 0 spiro atoms. The molecule has 0 aliphatic carbocycles. The lowest BCUT2D eigenvalue weighted by Gasteiger charge is -2.22. The number of benzene rings is 1. The molecule has 7 heteroatoms. The molecule has 0 saturated carbocycles. The molecule has 0 unspecified atom stereocenters. The topological polar surface area (TPSA) is 64.2 Å². The van der Waals surface area contributed by atoms with Crippen molar-refractivity contribution >= 4 is 29.9 Å². The molecule has 1 aromatic carbocycles. The molecule has 0 bridgehead atoms. The number of aryl methyl sites for hydroxylation is 1. The van der Waals surface area contributed by atoms with Crippen LogP contribution in [0.5, 0.6) is 0 Å². The molecule has 2 N–H and O–H groups in total. The third kappa shape index (κ3) is 5.23. The van der Waals surface area contributed by atoms with Gasteiger partial charge in [0.05, 0.1) is 16.4 Å². The molecular formula is C17H24Cl2N4O. The summed E-state index contributed by atoms with van der Waals surface area (Å²) in [4.78, 5) is 14.4. The molecule has 0 saturated heterocycles. The fourth-order valence-electron chi connectivity index (χ4n) is 2.48. The molecule has 2 rings (SSSR count). The maximum Gasteiger partial charge on any atom is 0.244 e. The zero-order chi connectivity index (χ0) is 16.8. The van der Waals surface area contributed by atoms with Gasteiger partial charge < -0.3 is 10.6 Å². The molecule has 1 amide bonds. The van der Waals surface area contributed by atoms with Crippen LogP contribution in [0.3, 0.4) is 0 Å². The van der Waals surface area contributed by atoms with E-state index in [9.17, 15) is 4.79 Å². The smallest absolute Gasteiger partial charge is 0.244 e. The number of halogens is 2. The summed E-state index contributed by atoms with van der Waals surface area (Å²) in [6, 6.07) is 10.1. The van der Waals surface area contributed by atoms with Crippen molar-refractivity contribution in [3.05, 3.63) is 52.3 Å². The Bertz CT molecular complexity index is 658. The van der Waals surface area contributed by atoms with E-state index < -0.39 is 0 Å². The highest BCUT2D eigenvalue weighted by Crippen LogP contribution is 2.18. The van der Waals surface area contributed by atoms with Crippen LogP contribution in [0.15, 0.2) is 30.3 Å². The SMILES string of the molecule is Cc1nn(CC(=O)N(CCN)CCc2ccccc2)c(C)c1Cl.Cl. The summed E-state index contributed by atoms with van der Waals surface area (Å²) in [5, 5.41) is 4.93. The number of amides is 1. The summed E-state index contributed by atoms with van der Waals surface area (Å²) in [5.41, 5.74) is 8.41. The Balaban J connectivity index is 0.00000288. The van der Waals surface area contributed by atoms with E-state index in [0.29, 0.717) is 24.7 Å². The molecule has 1 heterocycles. The van der Waals surface area contributed by atoms with Crippen LogP contribution in [0.2, 0.25) is 5.02 Å². The van der Waals surface area contributed by atoms with Gasteiger partial charge in [0.1, 0.15) is 6.54 Å². The second-order valence-electron chi connectivity index (χ2n) is 5.55. The van der Waals surface area contributed by atoms with Gasteiger partial charge in [0.2, 0.25) is 5.91 Å². The number of aromatic nitrogens is 2. The van der Waals surface area contributed by atoms with Gasteiger partial charge in [-0.25, -0.2) is 0 Å². The van der Waals surface area contributed by atoms with E-state index in [0.717, 1.165) is 17.8 Å². The average molecular weight is 371 g/mol. The van der Waals surface area contributed by atoms with Crippen molar-refractivity contribution in [1.29, 1.82) is 0 Å². The molecule has 5 nitrogen and oxygen atoms in total. The van der Waals surface area contributed by atoms with Crippen molar-refractivity contribution < 1.29 is 4.79 Å². The Labute approximate surface area is 154 Å². The lowest BCUT2D eigenvalue weighted by atomic mass is 10.1. The van der Waals surface area contributed by atoms with Gasteiger partial charge in [-0.3, -0.25) is 9.48 Å². The second kappa shape index (κ2) is 9.67. The third-order valence-electron chi connectivity index (χ3n) is 3.84. The number of hydrogen-bond donors (Lipinski definition) is 1. The minimum atomic E-state index is 0. The molecule has 0 radical (unpaired) electrons. The minimum Gasteiger partial charge on any atom is -0.339 e. The van der Waals surface area contributed by atoms with Crippen molar-refractivity contribution in [2.24, 2.45) is 5.73 Å². The zero-order valence-electron chi connectivity index (χ0n) is 14.0. The molecule has 132 valence electrons. The van der Waals surface area contributed by atoms with Gasteiger partial charge >= 0.3 is 0 Å². The predicted octanol–water partition coefficient (Wildman–Crippen LogP) is 2.61. The molecule has 2 aromatic rings. The van der Waals surface area contributed by atoms with Crippen LogP contribution in [-0.2, 0) is 17.8 Å². The van der Waals surface area contributed by atoms with E-state index >= 15 is 0 Å². The number of nitrogens with two attached hydrogens (primary N) is 1. The third-order valence-corrected chi connectivity index (χ3v) is 4.39. The first-order chi connectivity index (χ1) is 11.0. The minimum absolute atomic E-state index is 0. The van der Waals surface area contributed by atoms with Gasteiger partial charge in [-0.2, -0.15) is 5.10 Å². The Morgan fingerprint density at radius 1 is 1.25 bits per heavy atom. The van der Waals surface area contributed by atoms with Crippen LogP contribution in [0.4, 0.5) is 0 Å². The van der Waals surface area contributed by atoms with E-state index in [1.165, 1.54) is 5.56 Å². The molecule has 0 aliphatic heterocycles. The van der Waals surface area contributed by atoms with E-state index in [-0.39, 0.29) is 24.9 Å².